The van der Waals surface area contributed by atoms with E-state index in [4.69, 9.17) is 16.6 Å². The number of aromatic nitrogens is 6. The highest BCUT2D eigenvalue weighted by Crippen LogP contribution is 2.32. The molecular weight excluding hydrogens is 344 g/mol. The summed E-state index contributed by atoms with van der Waals surface area (Å²) in [6.45, 7) is 8.64. The Morgan fingerprint density at radius 3 is 2.67 bits per heavy atom. The highest BCUT2D eigenvalue weighted by atomic mass is 35.5. The smallest absolute Gasteiger partial charge is 0.173 e. The number of hydrogen-bond donors (Lipinski definition) is 0. The van der Waals surface area contributed by atoms with E-state index >= 15 is 0 Å². The zero-order chi connectivity index (χ0) is 17.0. The van der Waals surface area contributed by atoms with Crippen molar-refractivity contribution < 1.29 is 0 Å². The standard InChI is InChI=1S/C16H17ClN6S/c1-5-11-10(4)24-16-13(11)15-19-12(21-23(15)7-18-16)6-22-9(3)14(17)8(2)20-22/h7H,5-6H2,1-4H3. The van der Waals surface area contributed by atoms with Gasteiger partial charge in [0.15, 0.2) is 11.5 Å². The lowest BCUT2D eigenvalue weighted by atomic mass is 10.1. The van der Waals surface area contributed by atoms with Gasteiger partial charge in [-0.15, -0.1) is 16.4 Å². The van der Waals surface area contributed by atoms with Crippen LogP contribution in [0.5, 0.6) is 0 Å². The van der Waals surface area contributed by atoms with Crippen molar-refractivity contribution in [1.82, 2.24) is 29.4 Å². The molecule has 4 rings (SSSR count). The van der Waals surface area contributed by atoms with Gasteiger partial charge in [-0.25, -0.2) is 14.5 Å². The summed E-state index contributed by atoms with van der Waals surface area (Å²) >= 11 is 7.94. The lowest BCUT2D eigenvalue weighted by Crippen LogP contribution is -2.05. The van der Waals surface area contributed by atoms with Crippen molar-refractivity contribution in [1.29, 1.82) is 0 Å². The second-order valence-electron chi connectivity index (χ2n) is 5.85. The number of hydrogen-bond acceptors (Lipinski definition) is 5. The molecule has 8 heteroatoms. The normalized spacial score (nSPS) is 11.9. The van der Waals surface area contributed by atoms with Gasteiger partial charge < -0.3 is 0 Å². The minimum Gasteiger partial charge on any atom is -0.260 e. The van der Waals surface area contributed by atoms with Gasteiger partial charge in [0.05, 0.1) is 21.8 Å². The van der Waals surface area contributed by atoms with Gasteiger partial charge in [0, 0.05) is 4.88 Å². The molecule has 6 nitrogen and oxygen atoms in total. The third-order valence-electron chi connectivity index (χ3n) is 4.31. The molecule has 4 heterocycles. The maximum atomic E-state index is 6.23. The Bertz CT molecular complexity index is 1070. The molecular formula is C16H17ClN6S. The number of thiophene rings is 1. The molecule has 0 saturated carbocycles. The van der Waals surface area contributed by atoms with Crippen LogP contribution in [0.2, 0.25) is 5.02 Å². The monoisotopic (exact) mass is 360 g/mol. The highest BCUT2D eigenvalue weighted by molar-refractivity contribution is 7.18. The van der Waals surface area contributed by atoms with Gasteiger partial charge in [0.2, 0.25) is 0 Å². The fourth-order valence-electron chi connectivity index (χ4n) is 3.07. The first kappa shape index (κ1) is 15.5. The second-order valence-corrected chi connectivity index (χ2v) is 7.43. The molecule has 0 aliphatic carbocycles. The first-order chi connectivity index (χ1) is 11.5. The highest BCUT2D eigenvalue weighted by Gasteiger charge is 2.17. The van der Waals surface area contributed by atoms with Crippen LogP contribution in [0.1, 0.15) is 34.6 Å². The average molecular weight is 361 g/mol. The number of nitrogens with zero attached hydrogens (tertiary/aromatic N) is 6. The van der Waals surface area contributed by atoms with E-state index in [9.17, 15) is 0 Å². The van der Waals surface area contributed by atoms with E-state index < -0.39 is 0 Å². The van der Waals surface area contributed by atoms with Crippen LogP contribution in [0, 0.1) is 20.8 Å². The number of halogens is 1. The lowest BCUT2D eigenvalue weighted by molar-refractivity contribution is 0.631. The van der Waals surface area contributed by atoms with Gasteiger partial charge in [-0.1, -0.05) is 18.5 Å². The van der Waals surface area contributed by atoms with Crippen molar-refractivity contribution in [3.8, 4) is 0 Å². The van der Waals surface area contributed by atoms with Crippen LogP contribution in [-0.2, 0) is 13.0 Å². The summed E-state index contributed by atoms with van der Waals surface area (Å²) in [5.74, 6) is 0.706. The molecule has 4 aromatic heterocycles. The molecule has 0 bridgehead atoms. The second kappa shape index (κ2) is 5.53. The topological polar surface area (TPSA) is 60.9 Å². The lowest BCUT2D eigenvalue weighted by Gasteiger charge is -1.99. The van der Waals surface area contributed by atoms with Crippen LogP contribution >= 0.6 is 22.9 Å². The van der Waals surface area contributed by atoms with Crippen LogP contribution in [0.25, 0.3) is 15.9 Å². The Labute approximate surface area is 148 Å². The van der Waals surface area contributed by atoms with Crippen LogP contribution in [0.3, 0.4) is 0 Å². The Morgan fingerprint density at radius 2 is 2.00 bits per heavy atom. The molecule has 0 radical (unpaired) electrons. The average Bonchev–Trinajstić information content (AvgIpc) is 3.17. The summed E-state index contributed by atoms with van der Waals surface area (Å²) in [6, 6.07) is 0. The molecule has 24 heavy (non-hydrogen) atoms. The third kappa shape index (κ3) is 2.22. The zero-order valence-electron chi connectivity index (χ0n) is 14.0. The minimum absolute atomic E-state index is 0.493. The van der Waals surface area contributed by atoms with E-state index in [0.29, 0.717) is 17.4 Å². The minimum atomic E-state index is 0.493. The summed E-state index contributed by atoms with van der Waals surface area (Å²) in [5.41, 5.74) is 3.92. The first-order valence-electron chi connectivity index (χ1n) is 7.81. The molecule has 0 unspecified atom stereocenters. The molecule has 0 saturated heterocycles. The summed E-state index contributed by atoms with van der Waals surface area (Å²) in [5, 5.41) is 10.8. The Balaban J connectivity index is 1.86. The van der Waals surface area contributed by atoms with Gasteiger partial charge in [0.1, 0.15) is 17.7 Å². The van der Waals surface area contributed by atoms with Gasteiger partial charge in [-0.3, -0.25) is 4.68 Å². The molecule has 0 N–H and O–H groups in total. The fourth-order valence-corrected chi connectivity index (χ4v) is 4.28. The number of fused-ring (bicyclic) bond motifs is 3. The van der Waals surface area contributed by atoms with Gasteiger partial charge in [0.25, 0.3) is 0 Å². The van der Waals surface area contributed by atoms with Crippen molar-refractivity contribution in [3.63, 3.8) is 0 Å². The fraction of sp³-hybridized carbons (Fsp3) is 0.375. The van der Waals surface area contributed by atoms with Gasteiger partial charge in [-0.05, 0) is 32.8 Å². The number of rotatable bonds is 3. The third-order valence-corrected chi connectivity index (χ3v) is 5.91. The maximum Gasteiger partial charge on any atom is 0.173 e. The molecule has 0 amide bonds. The van der Waals surface area contributed by atoms with Crippen molar-refractivity contribution in [3.05, 3.63) is 39.0 Å². The van der Waals surface area contributed by atoms with Crippen molar-refractivity contribution >= 4 is 38.8 Å². The van der Waals surface area contributed by atoms with Crippen molar-refractivity contribution in [2.24, 2.45) is 0 Å². The summed E-state index contributed by atoms with van der Waals surface area (Å²) in [7, 11) is 0. The molecule has 0 aromatic carbocycles. The van der Waals surface area contributed by atoms with Crippen LogP contribution in [0.15, 0.2) is 6.33 Å². The Kier molecular flexibility index (Phi) is 3.58. The summed E-state index contributed by atoms with van der Waals surface area (Å²) in [6.07, 6.45) is 2.69. The molecule has 0 fully saturated rings. The quantitative estimate of drug-likeness (QED) is 0.558. The SMILES string of the molecule is CCc1c(C)sc2ncn3nc(Cn4nc(C)c(Cl)c4C)nc3c12. The van der Waals surface area contributed by atoms with E-state index in [1.807, 2.05) is 18.5 Å². The predicted molar refractivity (Wildman–Crippen MR) is 96.1 cm³/mol. The van der Waals surface area contributed by atoms with Gasteiger partial charge >= 0.3 is 0 Å². The summed E-state index contributed by atoms with van der Waals surface area (Å²) < 4.78 is 3.60. The van der Waals surface area contributed by atoms with E-state index in [1.54, 1.807) is 22.2 Å². The van der Waals surface area contributed by atoms with E-state index in [-0.39, 0.29) is 0 Å². The first-order valence-corrected chi connectivity index (χ1v) is 9.00. The van der Waals surface area contributed by atoms with E-state index in [0.717, 1.165) is 33.7 Å². The van der Waals surface area contributed by atoms with E-state index in [1.165, 1.54) is 10.4 Å². The molecule has 4 aromatic rings. The zero-order valence-corrected chi connectivity index (χ0v) is 15.5. The van der Waals surface area contributed by atoms with Crippen molar-refractivity contribution in [2.45, 2.75) is 40.7 Å². The molecule has 124 valence electrons. The Morgan fingerprint density at radius 1 is 1.21 bits per heavy atom. The molecule has 0 aliphatic heterocycles. The van der Waals surface area contributed by atoms with Crippen LogP contribution < -0.4 is 0 Å². The van der Waals surface area contributed by atoms with E-state index in [2.05, 4.69) is 29.0 Å². The largest absolute Gasteiger partial charge is 0.260 e. The Hall–Kier alpha value is -1.99. The number of aryl methyl sites for hydroxylation is 3. The predicted octanol–water partition coefficient (Wildman–Crippen LogP) is 3.72. The molecule has 0 spiro atoms. The molecule has 0 aliphatic rings. The van der Waals surface area contributed by atoms with Gasteiger partial charge in [-0.2, -0.15) is 5.10 Å². The van der Waals surface area contributed by atoms with Crippen molar-refractivity contribution in [2.75, 3.05) is 0 Å². The summed E-state index contributed by atoms with van der Waals surface area (Å²) in [4.78, 5) is 11.6. The van der Waals surface area contributed by atoms with Crippen LogP contribution in [0.4, 0.5) is 0 Å². The maximum absolute atomic E-state index is 6.23. The molecule has 0 atom stereocenters. The van der Waals surface area contributed by atoms with Crippen LogP contribution in [-0.4, -0.2) is 29.4 Å².